The summed E-state index contributed by atoms with van der Waals surface area (Å²) in [6.45, 7) is 0. The van der Waals surface area contributed by atoms with Gasteiger partial charge in [0.1, 0.15) is 0 Å². The van der Waals surface area contributed by atoms with E-state index in [9.17, 15) is 9.59 Å². The van der Waals surface area contributed by atoms with Gasteiger partial charge in [-0.3, -0.25) is 9.59 Å². The molecule has 0 fully saturated rings. The quantitative estimate of drug-likeness (QED) is 0.712. The molecule has 1 unspecified atom stereocenters. The summed E-state index contributed by atoms with van der Waals surface area (Å²) in [5.74, 6) is -0.0386. The molecule has 0 saturated carbocycles. The normalized spacial score (nSPS) is 17.6. The molecule has 0 aromatic heterocycles. The Morgan fingerprint density at radius 2 is 1.73 bits per heavy atom. The molecule has 2 aromatic carbocycles. The number of hydrogen-bond acceptors (Lipinski definition) is 2. The highest BCUT2D eigenvalue weighted by atomic mass is 127. The van der Waals surface area contributed by atoms with Crippen molar-refractivity contribution < 1.29 is 9.59 Å². The fraction of sp³-hybridized carbons (Fsp3) is 0.111. The van der Waals surface area contributed by atoms with E-state index in [1.807, 2.05) is 54.6 Å². The Balaban J connectivity index is 1.99. The molecule has 1 aliphatic heterocycles. The number of amides is 1. The fourth-order valence-corrected chi connectivity index (χ4v) is 3.18. The lowest BCUT2D eigenvalue weighted by atomic mass is 9.96. The zero-order valence-corrected chi connectivity index (χ0v) is 13.9. The lowest BCUT2D eigenvalue weighted by Gasteiger charge is -2.31. The highest BCUT2D eigenvalue weighted by Gasteiger charge is 2.29. The van der Waals surface area contributed by atoms with Crippen LogP contribution in [-0.4, -0.2) is 16.6 Å². The maximum Gasteiger partial charge on any atom is 0.259 e. The van der Waals surface area contributed by atoms with Crippen molar-refractivity contribution in [3.63, 3.8) is 0 Å². The SMILES string of the molecule is O=C1C=CN(C(=O)c2ccccc2I)C(c2ccccc2)C1. The third-order valence-corrected chi connectivity index (χ3v) is 4.62. The first kappa shape index (κ1) is 15.0. The van der Waals surface area contributed by atoms with Crippen molar-refractivity contribution in [1.82, 2.24) is 4.90 Å². The van der Waals surface area contributed by atoms with Crippen LogP contribution in [0.5, 0.6) is 0 Å². The maximum absolute atomic E-state index is 12.9. The molecule has 3 nitrogen and oxygen atoms in total. The number of allylic oxidation sites excluding steroid dienone is 1. The molecule has 0 spiro atoms. The Labute approximate surface area is 142 Å². The summed E-state index contributed by atoms with van der Waals surface area (Å²) in [7, 11) is 0. The molecule has 0 N–H and O–H groups in total. The van der Waals surface area contributed by atoms with E-state index in [4.69, 9.17) is 0 Å². The molecule has 4 heteroatoms. The summed E-state index contributed by atoms with van der Waals surface area (Å²) >= 11 is 2.16. The standard InChI is InChI=1S/C18H14INO2/c19-16-9-5-4-8-15(16)18(22)20-11-10-14(21)12-17(20)13-6-2-1-3-7-13/h1-11,17H,12H2. The number of carbonyl (C=O) groups excluding carboxylic acids is 2. The minimum atomic E-state index is -0.248. The average Bonchev–Trinajstić information content (AvgIpc) is 2.55. The minimum Gasteiger partial charge on any atom is -0.307 e. The lowest BCUT2D eigenvalue weighted by molar-refractivity contribution is -0.116. The van der Waals surface area contributed by atoms with Gasteiger partial charge in [-0.25, -0.2) is 0 Å². The molecule has 22 heavy (non-hydrogen) atoms. The zero-order chi connectivity index (χ0) is 15.5. The molecule has 0 radical (unpaired) electrons. The van der Waals surface area contributed by atoms with E-state index >= 15 is 0 Å². The molecule has 1 heterocycles. The molecule has 110 valence electrons. The van der Waals surface area contributed by atoms with E-state index in [1.54, 1.807) is 11.1 Å². The van der Waals surface area contributed by atoms with Gasteiger partial charge in [0.05, 0.1) is 11.6 Å². The number of rotatable bonds is 2. The first-order valence-electron chi connectivity index (χ1n) is 7.00. The van der Waals surface area contributed by atoms with Gasteiger partial charge in [-0.05, 0) is 46.4 Å². The largest absolute Gasteiger partial charge is 0.307 e. The molecular formula is C18H14INO2. The summed E-state index contributed by atoms with van der Waals surface area (Å²) < 4.78 is 0.905. The van der Waals surface area contributed by atoms with Gasteiger partial charge >= 0.3 is 0 Å². The Bertz CT molecular complexity index is 740. The van der Waals surface area contributed by atoms with Crippen molar-refractivity contribution in [3.8, 4) is 0 Å². The Kier molecular flexibility index (Phi) is 4.38. The van der Waals surface area contributed by atoms with Gasteiger partial charge < -0.3 is 4.90 Å². The van der Waals surface area contributed by atoms with Crippen molar-refractivity contribution in [2.75, 3.05) is 0 Å². The molecule has 2 aromatic rings. The van der Waals surface area contributed by atoms with Crippen LogP contribution in [-0.2, 0) is 4.79 Å². The number of nitrogens with zero attached hydrogens (tertiary/aromatic N) is 1. The molecule has 1 atom stereocenters. The minimum absolute atomic E-state index is 0.0423. The molecule has 0 saturated heterocycles. The average molecular weight is 403 g/mol. The van der Waals surface area contributed by atoms with Crippen LogP contribution in [0.4, 0.5) is 0 Å². The van der Waals surface area contributed by atoms with Crippen LogP contribution in [0.1, 0.15) is 28.4 Å². The topological polar surface area (TPSA) is 37.4 Å². The van der Waals surface area contributed by atoms with Crippen molar-refractivity contribution in [2.45, 2.75) is 12.5 Å². The van der Waals surface area contributed by atoms with Crippen molar-refractivity contribution in [1.29, 1.82) is 0 Å². The van der Waals surface area contributed by atoms with E-state index in [0.29, 0.717) is 12.0 Å². The van der Waals surface area contributed by atoms with Gasteiger partial charge in [-0.15, -0.1) is 0 Å². The van der Waals surface area contributed by atoms with Gasteiger partial charge in [0, 0.05) is 16.2 Å². The van der Waals surface area contributed by atoms with Crippen LogP contribution in [0.15, 0.2) is 66.9 Å². The second-order valence-corrected chi connectivity index (χ2v) is 6.27. The summed E-state index contributed by atoms with van der Waals surface area (Å²) in [6.07, 6.45) is 3.40. The Hall–Kier alpha value is -1.95. The van der Waals surface area contributed by atoms with Gasteiger partial charge in [0.25, 0.3) is 5.91 Å². The molecule has 0 bridgehead atoms. The van der Waals surface area contributed by atoms with E-state index < -0.39 is 0 Å². The second kappa shape index (κ2) is 6.44. The smallest absolute Gasteiger partial charge is 0.259 e. The predicted molar refractivity (Wildman–Crippen MR) is 93.3 cm³/mol. The maximum atomic E-state index is 12.9. The van der Waals surface area contributed by atoms with Crippen LogP contribution >= 0.6 is 22.6 Å². The van der Waals surface area contributed by atoms with Crippen LogP contribution in [0.25, 0.3) is 0 Å². The number of ketones is 1. The number of benzene rings is 2. The van der Waals surface area contributed by atoms with E-state index in [1.165, 1.54) is 6.08 Å². The van der Waals surface area contributed by atoms with E-state index in [-0.39, 0.29) is 17.7 Å². The van der Waals surface area contributed by atoms with E-state index in [0.717, 1.165) is 9.13 Å². The van der Waals surface area contributed by atoms with Crippen LogP contribution in [0, 0.1) is 3.57 Å². The van der Waals surface area contributed by atoms with Crippen molar-refractivity contribution >= 4 is 34.3 Å². The Morgan fingerprint density at radius 1 is 1.05 bits per heavy atom. The zero-order valence-electron chi connectivity index (χ0n) is 11.8. The molecule has 1 amide bonds. The first-order chi connectivity index (χ1) is 10.7. The van der Waals surface area contributed by atoms with Gasteiger partial charge in [-0.2, -0.15) is 0 Å². The third kappa shape index (κ3) is 2.97. The number of hydrogen-bond donors (Lipinski definition) is 0. The summed E-state index contributed by atoms with van der Waals surface area (Å²) in [4.78, 5) is 26.3. The van der Waals surface area contributed by atoms with Crippen LogP contribution < -0.4 is 0 Å². The molecule has 3 rings (SSSR count). The predicted octanol–water partition coefficient (Wildman–Crippen LogP) is 3.96. The van der Waals surface area contributed by atoms with Gasteiger partial charge in [0.2, 0.25) is 0 Å². The molecule has 1 aliphatic rings. The summed E-state index contributed by atoms with van der Waals surface area (Å²) in [5.41, 5.74) is 1.63. The fourth-order valence-electron chi connectivity index (χ4n) is 2.56. The number of carbonyl (C=O) groups is 2. The van der Waals surface area contributed by atoms with Gasteiger partial charge in [-0.1, -0.05) is 42.5 Å². The van der Waals surface area contributed by atoms with Crippen molar-refractivity contribution in [3.05, 3.63) is 81.6 Å². The van der Waals surface area contributed by atoms with E-state index in [2.05, 4.69) is 22.6 Å². The highest BCUT2D eigenvalue weighted by molar-refractivity contribution is 14.1. The number of halogens is 1. The van der Waals surface area contributed by atoms with Crippen LogP contribution in [0.2, 0.25) is 0 Å². The second-order valence-electron chi connectivity index (χ2n) is 5.10. The summed E-state index contributed by atoms with van der Waals surface area (Å²) in [6, 6.07) is 16.9. The highest BCUT2D eigenvalue weighted by Crippen LogP contribution is 2.30. The molecule has 0 aliphatic carbocycles. The summed E-state index contributed by atoms with van der Waals surface area (Å²) in [5, 5.41) is 0. The lowest BCUT2D eigenvalue weighted by Crippen LogP contribution is -2.34. The monoisotopic (exact) mass is 403 g/mol. The van der Waals surface area contributed by atoms with Crippen molar-refractivity contribution in [2.24, 2.45) is 0 Å². The van der Waals surface area contributed by atoms with Gasteiger partial charge in [0.15, 0.2) is 5.78 Å². The molecular weight excluding hydrogens is 389 g/mol. The third-order valence-electron chi connectivity index (χ3n) is 3.67. The Morgan fingerprint density at radius 3 is 2.45 bits per heavy atom. The first-order valence-corrected chi connectivity index (χ1v) is 8.08. The van der Waals surface area contributed by atoms with Crippen LogP contribution in [0.3, 0.4) is 0 Å².